The third kappa shape index (κ3) is 3.14. The van der Waals surface area contributed by atoms with Gasteiger partial charge in [-0.2, -0.15) is 0 Å². The number of halogens is 2. The number of ether oxygens (including phenoxy) is 1. The lowest BCUT2D eigenvalue weighted by Crippen LogP contribution is -1.98. The summed E-state index contributed by atoms with van der Waals surface area (Å²) >= 11 is 9.23. The van der Waals surface area contributed by atoms with Crippen molar-refractivity contribution in [1.82, 2.24) is 0 Å². The molecule has 0 spiro atoms. The Morgan fingerprint density at radius 3 is 2.71 bits per heavy atom. The van der Waals surface area contributed by atoms with Crippen molar-refractivity contribution in [2.75, 3.05) is 12.5 Å². The van der Waals surface area contributed by atoms with Crippen LogP contribution < -0.4 is 4.74 Å². The first-order valence-corrected chi connectivity index (χ1v) is 7.01. The molecular formula is C14H14BrClO. The molecule has 0 aliphatic heterocycles. The summed E-state index contributed by atoms with van der Waals surface area (Å²) in [5.74, 6) is 1.60. The number of alkyl halides is 1. The molecule has 90 valence electrons. The van der Waals surface area contributed by atoms with Gasteiger partial charge in [0.15, 0.2) is 0 Å². The molecule has 0 aliphatic carbocycles. The van der Waals surface area contributed by atoms with Crippen molar-refractivity contribution in [3.63, 3.8) is 0 Å². The average molecular weight is 314 g/mol. The van der Waals surface area contributed by atoms with E-state index < -0.39 is 0 Å². The van der Waals surface area contributed by atoms with Crippen molar-refractivity contribution < 1.29 is 4.74 Å². The quantitative estimate of drug-likeness (QED) is 0.557. The van der Waals surface area contributed by atoms with Gasteiger partial charge in [0.1, 0.15) is 5.75 Å². The maximum absolute atomic E-state index is 5.74. The zero-order valence-corrected chi connectivity index (χ0v) is 11.8. The Kier molecular flexibility index (Phi) is 4.69. The Morgan fingerprint density at radius 2 is 1.88 bits per heavy atom. The van der Waals surface area contributed by atoms with Crippen LogP contribution in [0.4, 0.5) is 0 Å². The molecule has 0 aromatic heterocycles. The molecule has 0 amide bonds. The fraction of sp³-hybridized carbons (Fsp3) is 0.286. The molecule has 1 nitrogen and oxygen atoms in total. The number of benzene rings is 2. The zero-order valence-electron chi connectivity index (χ0n) is 9.46. The minimum atomic E-state index is 0.697. The first kappa shape index (κ1) is 12.7. The van der Waals surface area contributed by atoms with E-state index >= 15 is 0 Å². The summed E-state index contributed by atoms with van der Waals surface area (Å²) in [6.07, 6.45) is 1.98. The van der Waals surface area contributed by atoms with E-state index in [1.54, 1.807) is 0 Å². The molecule has 3 heteroatoms. The molecule has 0 bridgehead atoms. The van der Waals surface area contributed by atoms with E-state index in [0.717, 1.165) is 23.1 Å². The fourth-order valence-electron chi connectivity index (χ4n) is 1.70. The van der Waals surface area contributed by atoms with Crippen molar-refractivity contribution in [2.24, 2.45) is 0 Å². The minimum absolute atomic E-state index is 0.697. The van der Waals surface area contributed by atoms with Crippen LogP contribution in [0.3, 0.4) is 0 Å². The molecule has 0 saturated heterocycles. The van der Waals surface area contributed by atoms with Gasteiger partial charge in [-0.1, -0.05) is 30.3 Å². The summed E-state index contributed by atoms with van der Waals surface area (Å²) in [5.41, 5.74) is 0. The highest BCUT2D eigenvalue weighted by atomic mass is 79.9. The Labute approximate surface area is 115 Å². The van der Waals surface area contributed by atoms with Gasteiger partial charge >= 0.3 is 0 Å². The SMILES string of the molecule is ClCCCCOc1ccc2ccccc2c1Br. The van der Waals surface area contributed by atoms with Crippen LogP contribution in [0.15, 0.2) is 40.9 Å². The van der Waals surface area contributed by atoms with E-state index in [9.17, 15) is 0 Å². The Bertz CT molecular complexity index is 499. The van der Waals surface area contributed by atoms with Crippen LogP contribution in [0.1, 0.15) is 12.8 Å². The zero-order chi connectivity index (χ0) is 12.1. The number of hydrogen-bond donors (Lipinski definition) is 0. The fourth-order valence-corrected chi connectivity index (χ4v) is 2.50. The summed E-state index contributed by atoms with van der Waals surface area (Å²) in [4.78, 5) is 0. The van der Waals surface area contributed by atoms with Gasteiger partial charge in [0.25, 0.3) is 0 Å². The van der Waals surface area contributed by atoms with Gasteiger partial charge in [-0.25, -0.2) is 0 Å². The van der Waals surface area contributed by atoms with E-state index in [2.05, 4.69) is 34.1 Å². The van der Waals surface area contributed by atoms with Gasteiger partial charge < -0.3 is 4.74 Å². The van der Waals surface area contributed by atoms with E-state index in [4.69, 9.17) is 16.3 Å². The lowest BCUT2D eigenvalue weighted by Gasteiger charge is -2.09. The molecule has 0 unspecified atom stereocenters. The number of fused-ring (bicyclic) bond motifs is 1. The number of unbranched alkanes of at least 4 members (excludes halogenated alkanes) is 1. The number of hydrogen-bond acceptors (Lipinski definition) is 1. The lowest BCUT2D eigenvalue weighted by molar-refractivity contribution is 0.308. The summed E-state index contributed by atoms with van der Waals surface area (Å²) in [5, 5.41) is 2.40. The van der Waals surface area contributed by atoms with E-state index in [1.165, 1.54) is 10.8 Å². The Balaban J connectivity index is 2.15. The highest BCUT2D eigenvalue weighted by molar-refractivity contribution is 9.10. The predicted molar refractivity (Wildman–Crippen MR) is 77.1 cm³/mol. The Hall–Kier alpha value is -0.730. The first-order valence-electron chi connectivity index (χ1n) is 5.69. The van der Waals surface area contributed by atoms with Crippen molar-refractivity contribution in [3.8, 4) is 5.75 Å². The highest BCUT2D eigenvalue weighted by Gasteiger charge is 2.05. The summed E-state index contributed by atoms with van der Waals surface area (Å²) < 4.78 is 6.77. The topological polar surface area (TPSA) is 9.23 Å². The summed E-state index contributed by atoms with van der Waals surface area (Å²) in [6.45, 7) is 0.712. The second-order valence-electron chi connectivity index (χ2n) is 3.84. The molecular weight excluding hydrogens is 300 g/mol. The minimum Gasteiger partial charge on any atom is -0.492 e. The number of rotatable bonds is 5. The molecule has 2 aromatic rings. The van der Waals surface area contributed by atoms with E-state index in [-0.39, 0.29) is 0 Å². The molecule has 0 saturated carbocycles. The van der Waals surface area contributed by atoms with Gasteiger partial charge in [0.2, 0.25) is 0 Å². The maximum atomic E-state index is 5.74. The summed E-state index contributed by atoms with van der Waals surface area (Å²) in [7, 11) is 0. The molecule has 0 fully saturated rings. The lowest BCUT2D eigenvalue weighted by atomic mass is 10.1. The van der Waals surface area contributed by atoms with Gasteiger partial charge in [-0.3, -0.25) is 0 Å². The van der Waals surface area contributed by atoms with E-state index in [1.807, 2.05) is 18.2 Å². The molecule has 17 heavy (non-hydrogen) atoms. The monoisotopic (exact) mass is 312 g/mol. The van der Waals surface area contributed by atoms with Crippen LogP contribution in [-0.2, 0) is 0 Å². The van der Waals surface area contributed by atoms with Gasteiger partial charge in [-0.15, -0.1) is 11.6 Å². The normalized spacial score (nSPS) is 10.7. The molecule has 2 rings (SSSR count). The third-order valence-corrected chi connectivity index (χ3v) is 3.70. The van der Waals surface area contributed by atoms with Crippen LogP contribution >= 0.6 is 27.5 Å². The Morgan fingerprint density at radius 1 is 1.06 bits per heavy atom. The predicted octanol–water partition coefficient (Wildman–Crippen LogP) is 5.00. The van der Waals surface area contributed by atoms with Crippen molar-refractivity contribution in [2.45, 2.75) is 12.8 Å². The van der Waals surface area contributed by atoms with Crippen LogP contribution in [0.2, 0.25) is 0 Å². The third-order valence-electron chi connectivity index (χ3n) is 2.61. The second-order valence-corrected chi connectivity index (χ2v) is 5.01. The van der Waals surface area contributed by atoms with Gasteiger partial charge in [0, 0.05) is 5.88 Å². The maximum Gasteiger partial charge on any atom is 0.134 e. The van der Waals surface area contributed by atoms with Crippen LogP contribution in [0.5, 0.6) is 5.75 Å². The summed E-state index contributed by atoms with van der Waals surface area (Å²) in [6, 6.07) is 12.3. The van der Waals surface area contributed by atoms with Gasteiger partial charge in [0.05, 0.1) is 11.1 Å². The van der Waals surface area contributed by atoms with E-state index in [0.29, 0.717) is 12.5 Å². The average Bonchev–Trinajstić information content (AvgIpc) is 2.37. The van der Waals surface area contributed by atoms with Crippen molar-refractivity contribution >= 4 is 38.3 Å². The van der Waals surface area contributed by atoms with Crippen LogP contribution in [0.25, 0.3) is 10.8 Å². The molecule has 0 atom stereocenters. The van der Waals surface area contributed by atoms with Crippen LogP contribution in [-0.4, -0.2) is 12.5 Å². The molecule has 0 heterocycles. The molecule has 0 radical (unpaired) electrons. The molecule has 0 N–H and O–H groups in total. The first-order chi connectivity index (χ1) is 8.33. The second kappa shape index (κ2) is 6.27. The van der Waals surface area contributed by atoms with Crippen molar-refractivity contribution in [3.05, 3.63) is 40.9 Å². The molecule has 2 aromatic carbocycles. The van der Waals surface area contributed by atoms with Crippen molar-refractivity contribution in [1.29, 1.82) is 0 Å². The largest absolute Gasteiger partial charge is 0.492 e. The molecule has 0 aliphatic rings. The highest BCUT2D eigenvalue weighted by Crippen LogP contribution is 2.33. The van der Waals surface area contributed by atoms with Gasteiger partial charge in [-0.05, 0) is 45.6 Å². The smallest absolute Gasteiger partial charge is 0.134 e. The van der Waals surface area contributed by atoms with Crippen LogP contribution in [0, 0.1) is 0 Å². The standard InChI is InChI=1S/C14H14BrClO/c15-14-12-6-2-1-5-11(12)7-8-13(14)17-10-4-3-9-16/h1-2,5-8H,3-4,9-10H2.